The zero-order chi connectivity index (χ0) is 22.8. The zero-order valence-electron chi connectivity index (χ0n) is 18.4. The van der Waals surface area contributed by atoms with Gasteiger partial charge in [0.15, 0.2) is 17.3 Å². The maximum atomic E-state index is 13.0. The van der Waals surface area contributed by atoms with Crippen molar-refractivity contribution in [2.75, 3.05) is 6.79 Å². The number of ether oxygens (including phenoxy) is 2. The fourth-order valence-corrected chi connectivity index (χ4v) is 4.55. The van der Waals surface area contributed by atoms with Gasteiger partial charge in [0.25, 0.3) is 5.56 Å². The van der Waals surface area contributed by atoms with E-state index in [-0.39, 0.29) is 19.1 Å². The van der Waals surface area contributed by atoms with Gasteiger partial charge in [-0.3, -0.25) is 14.2 Å². The molecule has 1 aliphatic carbocycles. The van der Waals surface area contributed by atoms with Crippen molar-refractivity contribution < 1.29 is 14.3 Å². The first-order valence-electron chi connectivity index (χ1n) is 11.4. The van der Waals surface area contributed by atoms with E-state index in [9.17, 15) is 14.4 Å². The molecule has 170 valence electrons. The molecule has 2 aliphatic rings. The highest BCUT2D eigenvalue weighted by Crippen LogP contribution is 2.32. The van der Waals surface area contributed by atoms with E-state index in [0.717, 1.165) is 35.8 Å². The first-order valence-corrected chi connectivity index (χ1v) is 11.4. The number of rotatable bonds is 7. The molecule has 3 aromatic rings. The predicted molar refractivity (Wildman–Crippen MR) is 125 cm³/mol. The fourth-order valence-electron chi connectivity index (χ4n) is 4.55. The number of carbonyl (C=O) groups excluding carboxylic acids is 1. The Kier molecular flexibility index (Phi) is 5.86. The topological polar surface area (TPSA) is 90.4 Å². The van der Waals surface area contributed by atoms with E-state index in [1.165, 1.54) is 18.4 Å². The Morgan fingerprint density at radius 2 is 1.91 bits per heavy atom. The highest BCUT2D eigenvalue weighted by Gasteiger charge is 2.16. The number of benzene rings is 2. The van der Waals surface area contributed by atoms with Gasteiger partial charge >= 0.3 is 5.69 Å². The summed E-state index contributed by atoms with van der Waals surface area (Å²) < 4.78 is 11.8. The van der Waals surface area contributed by atoms with E-state index in [4.69, 9.17) is 9.47 Å². The summed E-state index contributed by atoms with van der Waals surface area (Å²) in [5.41, 5.74) is 2.20. The first kappa shape index (κ1) is 21.2. The number of aromatic amines is 1. The van der Waals surface area contributed by atoms with Crippen molar-refractivity contribution in [3.63, 3.8) is 0 Å². The van der Waals surface area contributed by atoms with Crippen LogP contribution in [0.2, 0.25) is 0 Å². The first-order chi connectivity index (χ1) is 16.1. The van der Waals surface area contributed by atoms with Gasteiger partial charge in [-0.05, 0) is 68.4 Å². The summed E-state index contributed by atoms with van der Waals surface area (Å²) in [5.74, 6) is 1.27. The summed E-state index contributed by atoms with van der Waals surface area (Å²) >= 11 is 0. The summed E-state index contributed by atoms with van der Waals surface area (Å²) in [4.78, 5) is 41.1. The number of nitrogens with one attached hydrogen (secondary N) is 1. The molecule has 7 nitrogen and oxygen atoms in total. The minimum absolute atomic E-state index is 0.0266. The second-order valence-corrected chi connectivity index (χ2v) is 8.65. The Labute approximate surface area is 190 Å². The zero-order valence-corrected chi connectivity index (χ0v) is 18.4. The van der Waals surface area contributed by atoms with Gasteiger partial charge in [-0.1, -0.05) is 23.8 Å². The maximum Gasteiger partial charge on any atom is 0.329 e. The Balaban J connectivity index is 1.34. The molecule has 1 aromatic heterocycles. The average Bonchev–Trinajstić information content (AvgIpc) is 3.30. The molecule has 0 atom stereocenters. The van der Waals surface area contributed by atoms with Crippen LogP contribution in [-0.2, 0) is 6.54 Å². The van der Waals surface area contributed by atoms with Gasteiger partial charge in [0.1, 0.15) is 0 Å². The molecular formula is C26H26N2O5. The molecular weight excluding hydrogens is 420 g/mol. The van der Waals surface area contributed by atoms with Crippen molar-refractivity contribution >= 4 is 16.7 Å². The highest BCUT2D eigenvalue weighted by atomic mass is 16.7. The third-order valence-electron chi connectivity index (χ3n) is 6.37. The second-order valence-electron chi connectivity index (χ2n) is 8.65. The van der Waals surface area contributed by atoms with Crippen LogP contribution >= 0.6 is 0 Å². The van der Waals surface area contributed by atoms with Crippen molar-refractivity contribution in [2.45, 2.75) is 51.5 Å². The van der Waals surface area contributed by atoms with Crippen molar-refractivity contribution in [1.82, 2.24) is 9.55 Å². The van der Waals surface area contributed by atoms with Crippen molar-refractivity contribution in [3.05, 3.63) is 80.0 Å². The minimum atomic E-state index is -0.515. The van der Waals surface area contributed by atoms with E-state index in [0.29, 0.717) is 34.4 Å². The van der Waals surface area contributed by atoms with Crippen LogP contribution in [0.15, 0.2) is 57.6 Å². The fraction of sp³-hybridized carbons (Fsp3) is 0.346. The van der Waals surface area contributed by atoms with Crippen molar-refractivity contribution in [2.24, 2.45) is 0 Å². The average molecular weight is 447 g/mol. The number of hydrogen-bond donors (Lipinski definition) is 1. The maximum absolute atomic E-state index is 13.0. The van der Waals surface area contributed by atoms with Gasteiger partial charge in [-0.2, -0.15) is 0 Å². The molecule has 0 bridgehead atoms. The summed E-state index contributed by atoms with van der Waals surface area (Å²) in [6.07, 6.45) is 9.33. The number of carbonyl (C=O) groups is 1. The van der Waals surface area contributed by atoms with E-state index in [1.807, 2.05) is 0 Å². The summed E-state index contributed by atoms with van der Waals surface area (Å²) in [5, 5.41) is 0.374. The van der Waals surface area contributed by atoms with Gasteiger partial charge in [0.2, 0.25) is 6.79 Å². The van der Waals surface area contributed by atoms with Crippen LogP contribution in [0.4, 0.5) is 0 Å². The van der Waals surface area contributed by atoms with E-state index >= 15 is 0 Å². The SMILES string of the molecule is O=C(CCCC1=CCCCC1)c1ccc2c(=O)n(Cc3ccc4c(c3)OCO4)c(=O)[nH]c2c1. The van der Waals surface area contributed by atoms with Crippen LogP contribution in [0, 0.1) is 0 Å². The van der Waals surface area contributed by atoms with Crippen LogP contribution in [0.5, 0.6) is 11.5 Å². The molecule has 1 N–H and O–H groups in total. The number of fused-ring (bicyclic) bond motifs is 2. The Hall–Kier alpha value is -3.61. The highest BCUT2D eigenvalue weighted by molar-refractivity contribution is 5.99. The Bertz CT molecular complexity index is 1370. The lowest BCUT2D eigenvalue weighted by molar-refractivity contribution is 0.0980. The van der Waals surface area contributed by atoms with Gasteiger partial charge in [-0.15, -0.1) is 0 Å². The van der Waals surface area contributed by atoms with Crippen LogP contribution in [0.3, 0.4) is 0 Å². The largest absolute Gasteiger partial charge is 0.454 e. The lowest BCUT2D eigenvalue weighted by Gasteiger charge is -2.12. The van der Waals surface area contributed by atoms with E-state index in [2.05, 4.69) is 11.1 Å². The predicted octanol–water partition coefficient (Wildman–Crippen LogP) is 4.32. The van der Waals surface area contributed by atoms with Crippen LogP contribution < -0.4 is 20.7 Å². The van der Waals surface area contributed by atoms with E-state index in [1.54, 1.807) is 36.4 Å². The summed E-state index contributed by atoms with van der Waals surface area (Å²) in [7, 11) is 0. The van der Waals surface area contributed by atoms with Gasteiger partial charge < -0.3 is 14.5 Å². The number of H-pyrrole nitrogens is 1. The molecule has 7 heteroatoms. The molecule has 5 rings (SSSR count). The molecule has 0 saturated heterocycles. The molecule has 1 aliphatic heterocycles. The van der Waals surface area contributed by atoms with Gasteiger partial charge in [0, 0.05) is 12.0 Å². The molecule has 0 unspecified atom stereocenters. The van der Waals surface area contributed by atoms with Crippen molar-refractivity contribution in [3.8, 4) is 11.5 Å². The minimum Gasteiger partial charge on any atom is -0.454 e. The van der Waals surface area contributed by atoms with Crippen LogP contribution in [-0.4, -0.2) is 22.1 Å². The van der Waals surface area contributed by atoms with Gasteiger partial charge in [-0.25, -0.2) is 4.79 Å². The number of hydrogen-bond acceptors (Lipinski definition) is 5. The molecule has 0 amide bonds. The Morgan fingerprint density at radius 1 is 1.03 bits per heavy atom. The van der Waals surface area contributed by atoms with Crippen molar-refractivity contribution in [1.29, 1.82) is 0 Å². The Morgan fingerprint density at radius 3 is 2.76 bits per heavy atom. The number of allylic oxidation sites excluding steroid dienone is 2. The smallest absolute Gasteiger partial charge is 0.329 e. The van der Waals surface area contributed by atoms with Crippen LogP contribution in [0.25, 0.3) is 10.9 Å². The lowest BCUT2D eigenvalue weighted by atomic mass is 9.94. The molecule has 2 heterocycles. The normalized spacial score (nSPS) is 15.0. The molecule has 0 fully saturated rings. The quantitative estimate of drug-likeness (QED) is 0.431. The number of Topliss-reactive ketones (excluding diaryl/α,β-unsaturated/α-hetero) is 1. The lowest BCUT2D eigenvalue weighted by Crippen LogP contribution is -2.35. The number of nitrogens with zero attached hydrogens (tertiary/aromatic N) is 1. The summed E-state index contributed by atoms with van der Waals surface area (Å²) in [6, 6.07) is 10.2. The molecule has 0 radical (unpaired) electrons. The second kappa shape index (κ2) is 9.10. The summed E-state index contributed by atoms with van der Waals surface area (Å²) in [6.45, 7) is 0.269. The number of ketones is 1. The van der Waals surface area contributed by atoms with E-state index < -0.39 is 11.2 Å². The standard InChI is InChI=1S/C26H26N2O5/c29-22(8-4-7-17-5-2-1-3-6-17)19-10-11-20-21(14-19)27-26(31)28(25(20)30)15-18-9-12-23-24(13-18)33-16-32-23/h5,9-14H,1-4,6-8,15-16H2,(H,27,31). The third-order valence-corrected chi connectivity index (χ3v) is 6.37. The molecule has 0 saturated carbocycles. The molecule has 0 spiro atoms. The van der Waals surface area contributed by atoms with Gasteiger partial charge in [0.05, 0.1) is 17.4 Å². The molecule has 2 aromatic carbocycles. The van der Waals surface area contributed by atoms with Crippen LogP contribution in [0.1, 0.15) is 60.9 Å². The molecule has 33 heavy (non-hydrogen) atoms. The monoisotopic (exact) mass is 446 g/mol. The third kappa shape index (κ3) is 4.49. The number of aromatic nitrogens is 2.